The second kappa shape index (κ2) is 16.6. The minimum absolute atomic E-state index is 0.00217. The fourth-order valence-corrected chi connectivity index (χ4v) is 6.80. The molecule has 9 heteroatoms. The molecule has 3 atom stereocenters. The first kappa shape index (κ1) is 34.9. The van der Waals surface area contributed by atoms with Crippen molar-refractivity contribution < 1.29 is 34.7 Å². The summed E-state index contributed by atoms with van der Waals surface area (Å²) in [5.74, 6) is -0.232. The van der Waals surface area contributed by atoms with E-state index < -0.39 is 12.0 Å². The number of aromatic amines is 1. The van der Waals surface area contributed by atoms with Gasteiger partial charge >= 0.3 is 0 Å². The third-order valence-electron chi connectivity index (χ3n) is 9.34. The van der Waals surface area contributed by atoms with Gasteiger partial charge in [-0.3, -0.25) is 4.79 Å². The van der Waals surface area contributed by atoms with Crippen molar-refractivity contribution in [2.24, 2.45) is 5.92 Å². The lowest BCUT2D eigenvalue weighted by Crippen LogP contribution is -2.30. The van der Waals surface area contributed by atoms with Crippen LogP contribution >= 0.6 is 0 Å². The van der Waals surface area contributed by atoms with Crippen LogP contribution in [-0.4, -0.2) is 57.6 Å². The number of ether oxygens (including phenoxy) is 2. The predicted octanol–water partition coefficient (Wildman–Crippen LogP) is 6.32. The Balaban J connectivity index is 1.40. The Morgan fingerprint density at radius 3 is 2.23 bits per heavy atom. The van der Waals surface area contributed by atoms with Gasteiger partial charge in [-0.2, -0.15) is 0 Å². The fourth-order valence-electron chi connectivity index (χ4n) is 6.80. The van der Waals surface area contributed by atoms with Gasteiger partial charge < -0.3 is 40.2 Å². The molecule has 0 amide bonds. The highest BCUT2D eigenvalue weighted by Crippen LogP contribution is 2.35. The summed E-state index contributed by atoms with van der Waals surface area (Å²) in [5.41, 5.74) is 4.17. The molecular formula is C39H48N2O7. The predicted molar refractivity (Wildman–Crippen MR) is 185 cm³/mol. The lowest BCUT2D eigenvalue weighted by atomic mass is 9.81. The molecule has 6 N–H and O–H groups in total. The van der Waals surface area contributed by atoms with Gasteiger partial charge in [-0.25, -0.2) is 0 Å². The molecule has 1 fully saturated rings. The maximum absolute atomic E-state index is 14.2. The Morgan fingerprint density at radius 1 is 0.854 bits per heavy atom. The van der Waals surface area contributed by atoms with Gasteiger partial charge in [0.05, 0.1) is 19.3 Å². The van der Waals surface area contributed by atoms with Gasteiger partial charge in [0, 0.05) is 31.3 Å². The number of Topliss-reactive ketones (excluding diaryl/α,β-unsaturated/α-hetero) is 1. The van der Waals surface area contributed by atoms with Crippen molar-refractivity contribution in [2.45, 2.75) is 82.5 Å². The average Bonchev–Trinajstić information content (AvgIpc) is 3.59. The number of hydrogen-bond donors (Lipinski definition) is 6. The quantitative estimate of drug-likeness (QED) is 0.0823. The third kappa shape index (κ3) is 9.33. The molecule has 5 rings (SSSR count). The molecule has 48 heavy (non-hydrogen) atoms. The lowest BCUT2D eigenvalue weighted by molar-refractivity contribution is -0.123. The van der Waals surface area contributed by atoms with Crippen LogP contribution in [0.15, 0.2) is 73.1 Å². The van der Waals surface area contributed by atoms with Crippen LogP contribution in [0.1, 0.15) is 72.3 Å². The molecule has 0 spiro atoms. The first-order valence-corrected chi connectivity index (χ1v) is 16.9. The number of ketones is 1. The third-order valence-corrected chi connectivity index (χ3v) is 9.34. The standard InChI is InChI=1S/C39H48N2O7/c1-40-23-28-16-29(21-31(42)17-28)33(18-26-9-10-34(43)38(19-26)47-2)37(46)22-36(45)30(15-27-12-13-41-24-27)14-25-8-11-35(44)39(20-25)48-32-6-4-3-5-7-32/h8-13,16-17,19-21,24,30,32-33,36,40-45H,3-7,14-15,18,22-23H2,1-2H3. The van der Waals surface area contributed by atoms with E-state index in [0.29, 0.717) is 36.4 Å². The molecule has 0 aliphatic heterocycles. The lowest BCUT2D eigenvalue weighted by Gasteiger charge is -2.26. The molecule has 1 aliphatic rings. The summed E-state index contributed by atoms with van der Waals surface area (Å²) in [6, 6.07) is 17.5. The maximum atomic E-state index is 14.2. The van der Waals surface area contributed by atoms with E-state index in [-0.39, 0.29) is 47.9 Å². The number of aliphatic hydroxyl groups excluding tert-OH is 1. The number of phenols is 3. The minimum atomic E-state index is -0.977. The van der Waals surface area contributed by atoms with E-state index in [1.54, 1.807) is 30.3 Å². The Labute approximate surface area is 282 Å². The van der Waals surface area contributed by atoms with Gasteiger partial charge in [0.25, 0.3) is 0 Å². The van der Waals surface area contributed by atoms with Crippen LogP contribution in [0, 0.1) is 5.92 Å². The topological polar surface area (TPSA) is 144 Å². The van der Waals surface area contributed by atoms with Crippen LogP contribution < -0.4 is 14.8 Å². The summed E-state index contributed by atoms with van der Waals surface area (Å²) in [6.07, 6.45) is 9.40. The van der Waals surface area contributed by atoms with Crippen molar-refractivity contribution in [1.29, 1.82) is 0 Å². The van der Waals surface area contributed by atoms with Gasteiger partial charge in [-0.1, -0.05) is 24.6 Å². The smallest absolute Gasteiger partial charge is 0.161 e. The van der Waals surface area contributed by atoms with Crippen LogP contribution in [0.25, 0.3) is 0 Å². The number of carbonyl (C=O) groups excluding carboxylic acids is 1. The van der Waals surface area contributed by atoms with E-state index in [0.717, 1.165) is 47.9 Å². The highest BCUT2D eigenvalue weighted by Gasteiger charge is 2.29. The number of H-pyrrole nitrogens is 1. The van der Waals surface area contributed by atoms with Gasteiger partial charge in [0.2, 0.25) is 0 Å². The van der Waals surface area contributed by atoms with Gasteiger partial charge in [-0.05, 0) is 128 Å². The van der Waals surface area contributed by atoms with Gasteiger partial charge in [0.1, 0.15) is 11.5 Å². The SMILES string of the molecule is CNCc1cc(O)cc(C(Cc2ccc(O)c(OC)c2)C(=O)CC(O)C(Cc2cc[nH]c2)Cc2ccc(O)c(OC3CCCCC3)c2)c1. The van der Waals surface area contributed by atoms with Crippen LogP contribution in [0.4, 0.5) is 0 Å². The van der Waals surface area contributed by atoms with Gasteiger partial charge in [-0.15, -0.1) is 0 Å². The van der Waals surface area contributed by atoms with Crippen molar-refractivity contribution in [2.75, 3.05) is 14.2 Å². The monoisotopic (exact) mass is 656 g/mol. The highest BCUT2D eigenvalue weighted by atomic mass is 16.5. The number of aliphatic hydroxyl groups is 1. The summed E-state index contributed by atoms with van der Waals surface area (Å²) >= 11 is 0. The van der Waals surface area contributed by atoms with E-state index in [1.165, 1.54) is 19.6 Å². The normalized spacial score (nSPS) is 15.5. The highest BCUT2D eigenvalue weighted by molar-refractivity contribution is 5.86. The first-order chi connectivity index (χ1) is 23.2. The van der Waals surface area contributed by atoms with Crippen LogP contribution in [0.2, 0.25) is 0 Å². The number of methoxy groups -OCH3 is 1. The second-order valence-electron chi connectivity index (χ2n) is 13.0. The molecule has 4 aromatic rings. The summed E-state index contributed by atoms with van der Waals surface area (Å²) in [5, 5.41) is 46.2. The number of carbonyl (C=O) groups is 1. The Hall–Kier alpha value is -4.47. The number of aromatic hydroxyl groups is 3. The summed E-state index contributed by atoms with van der Waals surface area (Å²) in [6.45, 7) is 0.510. The summed E-state index contributed by atoms with van der Waals surface area (Å²) < 4.78 is 11.5. The fraction of sp³-hybridized carbons (Fsp3) is 0.410. The van der Waals surface area contributed by atoms with Crippen molar-refractivity contribution in [1.82, 2.24) is 10.3 Å². The van der Waals surface area contributed by atoms with Crippen molar-refractivity contribution in [3.05, 3.63) is 101 Å². The zero-order chi connectivity index (χ0) is 34.0. The number of rotatable bonds is 16. The molecular weight excluding hydrogens is 608 g/mol. The largest absolute Gasteiger partial charge is 0.508 e. The number of phenolic OH excluding ortho intramolecular Hbond substituents is 3. The van der Waals surface area contributed by atoms with Crippen molar-refractivity contribution >= 4 is 5.78 Å². The Morgan fingerprint density at radius 2 is 1.54 bits per heavy atom. The molecule has 3 aromatic carbocycles. The molecule has 1 aliphatic carbocycles. The van der Waals surface area contributed by atoms with Gasteiger partial charge in [0.15, 0.2) is 23.0 Å². The molecule has 1 saturated carbocycles. The van der Waals surface area contributed by atoms with E-state index in [4.69, 9.17) is 9.47 Å². The van der Waals surface area contributed by atoms with E-state index in [2.05, 4.69) is 10.3 Å². The van der Waals surface area contributed by atoms with Crippen LogP contribution in [-0.2, 0) is 30.6 Å². The number of nitrogens with one attached hydrogen (secondary N) is 2. The number of aromatic nitrogens is 1. The average molecular weight is 657 g/mol. The van der Waals surface area contributed by atoms with Crippen LogP contribution in [0.3, 0.4) is 0 Å². The zero-order valence-electron chi connectivity index (χ0n) is 27.8. The summed E-state index contributed by atoms with van der Waals surface area (Å²) in [4.78, 5) is 17.3. The van der Waals surface area contributed by atoms with Crippen molar-refractivity contribution in [3.8, 4) is 28.7 Å². The number of benzene rings is 3. The Kier molecular flexibility index (Phi) is 12.0. The number of hydrogen-bond acceptors (Lipinski definition) is 8. The van der Waals surface area contributed by atoms with Crippen molar-refractivity contribution in [3.63, 3.8) is 0 Å². The van der Waals surface area contributed by atoms with E-state index in [1.807, 2.05) is 43.7 Å². The second-order valence-corrected chi connectivity index (χ2v) is 13.0. The molecule has 3 unspecified atom stereocenters. The molecule has 0 saturated heterocycles. The molecule has 0 bridgehead atoms. The summed E-state index contributed by atoms with van der Waals surface area (Å²) in [7, 11) is 3.29. The van der Waals surface area contributed by atoms with E-state index >= 15 is 0 Å². The molecule has 9 nitrogen and oxygen atoms in total. The molecule has 0 radical (unpaired) electrons. The molecule has 256 valence electrons. The first-order valence-electron chi connectivity index (χ1n) is 16.9. The molecule has 1 aromatic heterocycles. The minimum Gasteiger partial charge on any atom is -0.508 e. The molecule has 1 heterocycles. The maximum Gasteiger partial charge on any atom is 0.161 e. The van der Waals surface area contributed by atoms with Crippen LogP contribution in [0.5, 0.6) is 28.7 Å². The van der Waals surface area contributed by atoms with E-state index in [9.17, 15) is 25.2 Å². The zero-order valence-corrected chi connectivity index (χ0v) is 27.8. The Bertz CT molecular complexity index is 1630.